The van der Waals surface area contributed by atoms with Crippen molar-refractivity contribution in [3.63, 3.8) is 0 Å². The summed E-state index contributed by atoms with van der Waals surface area (Å²) in [6, 6.07) is 25.5. The van der Waals surface area contributed by atoms with Gasteiger partial charge in [0.1, 0.15) is 5.75 Å². The number of hydrogen-bond acceptors (Lipinski definition) is 4. The van der Waals surface area contributed by atoms with Crippen molar-refractivity contribution < 1.29 is 4.74 Å². The summed E-state index contributed by atoms with van der Waals surface area (Å²) in [5.74, 6) is 0.757. The van der Waals surface area contributed by atoms with E-state index in [0.717, 1.165) is 39.6 Å². The van der Waals surface area contributed by atoms with Crippen LogP contribution in [0.15, 0.2) is 88.5 Å². The number of nitrogens with one attached hydrogen (secondary N) is 1. The lowest BCUT2D eigenvalue weighted by atomic mass is 9.98. The largest absolute Gasteiger partial charge is 0.494 e. The fourth-order valence-electron chi connectivity index (χ4n) is 5.33. The number of rotatable bonds is 4. The Morgan fingerprint density at radius 1 is 0.861 bits per heavy atom. The lowest BCUT2D eigenvalue weighted by Gasteiger charge is -2.32. The van der Waals surface area contributed by atoms with Crippen LogP contribution in [0.4, 0.5) is 5.69 Å². The SMILES string of the molecule is CCOc1ccccc1C1Nc2ccccc2-n2c(-c3ccccc3)c3c(=O)n(C)c(=O)n(C)c3c21. The molecule has 5 aromatic rings. The van der Waals surface area contributed by atoms with Crippen LogP contribution in [0.2, 0.25) is 0 Å². The highest BCUT2D eigenvalue weighted by atomic mass is 16.5. The molecule has 0 aliphatic carbocycles. The van der Waals surface area contributed by atoms with Crippen molar-refractivity contribution >= 4 is 16.6 Å². The molecule has 1 atom stereocenters. The Morgan fingerprint density at radius 2 is 1.56 bits per heavy atom. The van der Waals surface area contributed by atoms with Crippen LogP contribution in [0.25, 0.3) is 27.8 Å². The van der Waals surface area contributed by atoms with Gasteiger partial charge in [-0.15, -0.1) is 0 Å². The van der Waals surface area contributed by atoms with Gasteiger partial charge in [-0.2, -0.15) is 0 Å². The maximum Gasteiger partial charge on any atom is 0.331 e. The van der Waals surface area contributed by atoms with Gasteiger partial charge in [-0.1, -0.05) is 60.7 Å². The van der Waals surface area contributed by atoms with Crippen molar-refractivity contribution in [2.24, 2.45) is 14.1 Å². The molecule has 1 aliphatic heterocycles. The van der Waals surface area contributed by atoms with Gasteiger partial charge in [-0.25, -0.2) is 4.79 Å². The first-order chi connectivity index (χ1) is 17.5. The molecule has 7 nitrogen and oxygen atoms in total. The molecule has 3 heterocycles. The number of aryl methyl sites for hydroxylation is 1. The third kappa shape index (κ3) is 3.05. The summed E-state index contributed by atoms with van der Waals surface area (Å²) in [6.07, 6.45) is 0. The molecule has 6 rings (SSSR count). The van der Waals surface area contributed by atoms with Gasteiger partial charge >= 0.3 is 5.69 Å². The first-order valence-corrected chi connectivity index (χ1v) is 12.0. The van der Waals surface area contributed by atoms with E-state index in [1.165, 1.54) is 11.6 Å². The molecule has 180 valence electrons. The number of nitrogens with zero attached hydrogens (tertiary/aromatic N) is 3. The van der Waals surface area contributed by atoms with Crippen molar-refractivity contribution in [2.75, 3.05) is 11.9 Å². The highest BCUT2D eigenvalue weighted by Crippen LogP contribution is 2.46. The third-order valence-corrected chi connectivity index (χ3v) is 6.90. The van der Waals surface area contributed by atoms with Gasteiger partial charge in [0.25, 0.3) is 5.56 Å². The van der Waals surface area contributed by atoms with Crippen LogP contribution in [-0.2, 0) is 14.1 Å². The van der Waals surface area contributed by atoms with Crippen molar-refractivity contribution in [3.05, 3.63) is 111 Å². The number of anilines is 1. The van der Waals surface area contributed by atoms with Crippen molar-refractivity contribution in [2.45, 2.75) is 13.0 Å². The highest BCUT2D eigenvalue weighted by molar-refractivity contribution is 5.99. The van der Waals surface area contributed by atoms with Crippen LogP contribution in [0, 0.1) is 0 Å². The quantitative estimate of drug-likeness (QED) is 0.410. The zero-order valence-corrected chi connectivity index (χ0v) is 20.4. The molecule has 0 saturated carbocycles. The highest BCUT2D eigenvalue weighted by Gasteiger charge is 2.35. The van der Waals surface area contributed by atoms with Gasteiger partial charge in [0.15, 0.2) is 0 Å². The molecule has 2 aromatic heterocycles. The zero-order chi connectivity index (χ0) is 25.0. The molecule has 7 heteroatoms. The van der Waals surface area contributed by atoms with Crippen LogP contribution in [0.3, 0.4) is 0 Å². The molecule has 3 aromatic carbocycles. The molecular formula is C29H26N4O3. The van der Waals surface area contributed by atoms with Gasteiger partial charge in [0.05, 0.1) is 46.3 Å². The van der Waals surface area contributed by atoms with E-state index in [-0.39, 0.29) is 17.3 Å². The van der Waals surface area contributed by atoms with Gasteiger partial charge in [-0.3, -0.25) is 13.9 Å². The number of para-hydroxylation sites is 3. The van der Waals surface area contributed by atoms with Crippen LogP contribution in [0.5, 0.6) is 5.75 Å². The summed E-state index contributed by atoms with van der Waals surface area (Å²) < 4.78 is 10.9. The first kappa shape index (κ1) is 22.0. The lowest BCUT2D eigenvalue weighted by molar-refractivity contribution is 0.335. The summed E-state index contributed by atoms with van der Waals surface area (Å²) in [7, 11) is 3.26. The average Bonchev–Trinajstić information content (AvgIpc) is 3.28. The van der Waals surface area contributed by atoms with Crippen LogP contribution in [0.1, 0.15) is 24.2 Å². The Morgan fingerprint density at radius 3 is 2.33 bits per heavy atom. The van der Waals surface area contributed by atoms with Crippen LogP contribution < -0.4 is 21.3 Å². The minimum atomic E-state index is -0.365. The molecule has 36 heavy (non-hydrogen) atoms. The normalized spacial score (nSPS) is 14.2. The smallest absolute Gasteiger partial charge is 0.331 e. The number of hydrogen-bond donors (Lipinski definition) is 1. The van der Waals surface area contributed by atoms with Crippen molar-refractivity contribution in [1.82, 2.24) is 13.7 Å². The van der Waals surface area contributed by atoms with Gasteiger partial charge in [0.2, 0.25) is 0 Å². The number of fused-ring (bicyclic) bond motifs is 5. The minimum Gasteiger partial charge on any atom is -0.494 e. The second-order valence-corrected chi connectivity index (χ2v) is 8.93. The topological polar surface area (TPSA) is 70.2 Å². The Bertz CT molecular complexity index is 1740. The Labute approximate surface area is 207 Å². The molecule has 0 radical (unpaired) electrons. The van der Waals surface area contributed by atoms with Crippen LogP contribution >= 0.6 is 0 Å². The third-order valence-electron chi connectivity index (χ3n) is 6.90. The summed E-state index contributed by atoms with van der Waals surface area (Å²) >= 11 is 0. The minimum absolute atomic E-state index is 0.317. The monoisotopic (exact) mass is 478 g/mol. The maximum absolute atomic E-state index is 13.7. The average molecular weight is 479 g/mol. The zero-order valence-electron chi connectivity index (χ0n) is 20.4. The molecule has 0 saturated heterocycles. The summed E-state index contributed by atoms with van der Waals surface area (Å²) in [4.78, 5) is 26.9. The fourth-order valence-corrected chi connectivity index (χ4v) is 5.33. The summed E-state index contributed by atoms with van der Waals surface area (Å²) in [5, 5.41) is 4.19. The van der Waals surface area contributed by atoms with E-state index in [4.69, 9.17) is 4.74 Å². The second kappa shape index (κ2) is 8.30. The van der Waals surface area contributed by atoms with E-state index in [9.17, 15) is 9.59 Å². The molecule has 1 unspecified atom stereocenters. The summed E-state index contributed by atoms with van der Waals surface area (Å²) in [6.45, 7) is 2.48. The predicted molar refractivity (Wildman–Crippen MR) is 142 cm³/mol. The van der Waals surface area contributed by atoms with E-state index < -0.39 is 0 Å². The number of ether oxygens (including phenoxy) is 1. The molecular weight excluding hydrogens is 452 g/mol. The van der Waals surface area contributed by atoms with E-state index in [1.54, 1.807) is 11.6 Å². The Balaban J connectivity index is 1.85. The molecule has 0 bridgehead atoms. The summed E-state index contributed by atoms with van der Waals surface area (Å²) in [5.41, 5.74) is 5.21. The van der Waals surface area contributed by atoms with Crippen molar-refractivity contribution in [3.8, 4) is 22.7 Å². The van der Waals surface area contributed by atoms with Gasteiger partial charge in [-0.05, 0) is 30.7 Å². The predicted octanol–water partition coefficient (Wildman–Crippen LogP) is 4.61. The first-order valence-electron chi connectivity index (χ1n) is 12.0. The number of benzene rings is 3. The van der Waals surface area contributed by atoms with E-state index >= 15 is 0 Å². The van der Waals surface area contributed by atoms with Crippen LogP contribution in [-0.4, -0.2) is 20.3 Å². The second-order valence-electron chi connectivity index (χ2n) is 8.93. The fraction of sp³-hybridized carbons (Fsp3) is 0.172. The Hall–Kier alpha value is -4.52. The standard InChI is InChI=1S/C29H26N4O3/c1-4-36-22-17-11-8-14-19(22)24-27-26-23(28(34)32(3)29(35)31(26)2)25(18-12-6-5-7-13-18)33(27)21-16-10-9-15-20(21)30-24/h5-17,24,30H,4H2,1-3H3. The van der Waals surface area contributed by atoms with Gasteiger partial charge in [0, 0.05) is 19.7 Å². The molecule has 0 spiro atoms. The van der Waals surface area contributed by atoms with E-state index in [0.29, 0.717) is 17.5 Å². The molecule has 1 N–H and O–H groups in total. The maximum atomic E-state index is 13.7. The van der Waals surface area contributed by atoms with Crippen molar-refractivity contribution in [1.29, 1.82) is 0 Å². The molecule has 0 fully saturated rings. The molecule has 0 amide bonds. The van der Waals surface area contributed by atoms with E-state index in [1.807, 2.05) is 85.8 Å². The van der Waals surface area contributed by atoms with Gasteiger partial charge < -0.3 is 14.6 Å². The Kier molecular flexibility index (Phi) is 5.07. The lowest BCUT2D eigenvalue weighted by Crippen LogP contribution is -2.37. The van der Waals surface area contributed by atoms with E-state index in [2.05, 4.69) is 9.88 Å². The molecule has 1 aliphatic rings. The number of aromatic nitrogens is 3.